The molecule has 0 heterocycles. The quantitative estimate of drug-likeness (QED) is 0.172. The molecule has 30 heavy (non-hydrogen) atoms. The Morgan fingerprint density at radius 3 is 2.50 bits per heavy atom. The summed E-state index contributed by atoms with van der Waals surface area (Å²) in [6.45, 7) is 0.267. The highest BCUT2D eigenvalue weighted by Crippen LogP contribution is 2.36. The number of nitrogens with zero attached hydrogens (tertiary/aromatic N) is 1. The number of allylic oxidation sites excluding steroid dienone is 1. The zero-order valence-electron chi connectivity index (χ0n) is 15.8. The van der Waals surface area contributed by atoms with Crippen molar-refractivity contribution in [1.82, 2.24) is 0 Å². The molecular weight excluding hydrogens is 556 g/mol. The van der Waals surface area contributed by atoms with E-state index in [9.17, 15) is 5.26 Å². The first-order valence-electron chi connectivity index (χ1n) is 8.73. The second-order valence-electron chi connectivity index (χ2n) is 6.24. The molecule has 7 heteroatoms. The van der Waals surface area contributed by atoms with Crippen molar-refractivity contribution in [1.29, 1.82) is 5.26 Å². The molecule has 0 bridgehead atoms. The minimum absolute atomic E-state index is 0.267. The Labute approximate surface area is 203 Å². The van der Waals surface area contributed by atoms with Gasteiger partial charge in [0.2, 0.25) is 0 Å². The van der Waals surface area contributed by atoms with Crippen molar-refractivity contribution in [3.63, 3.8) is 0 Å². The number of benzene rings is 3. The van der Waals surface area contributed by atoms with Gasteiger partial charge in [-0.1, -0.05) is 53.0 Å². The average Bonchev–Trinajstić information content (AvgIpc) is 2.72. The summed E-state index contributed by atoms with van der Waals surface area (Å²) in [5.74, 6) is 1.16. The van der Waals surface area contributed by atoms with E-state index in [1.165, 1.54) is 0 Å². The lowest BCUT2D eigenvalue weighted by atomic mass is 10.0. The number of hydrogen-bond donors (Lipinski definition) is 0. The average molecular weight is 571 g/mol. The molecule has 3 aromatic rings. The molecule has 0 aromatic heterocycles. The third kappa shape index (κ3) is 5.61. The Bertz CT molecular complexity index is 1160. The van der Waals surface area contributed by atoms with Crippen LogP contribution >= 0.6 is 57.4 Å². The summed E-state index contributed by atoms with van der Waals surface area (Å²) in [5.41, 5.74) is 2.87. The molecule has 0 aliphatic heterocycles. The normalized spacial score (nSPS) is 11.1. The van der Waals surface area contributed by atoms with E-state index in [1.807, 2.05) is 30.3 Å². The molecule has 0 atom stereocenters. The number of ether oxygens (including phenoxy) is 2. The van der Waals surface area contributed by atoms with Crippen molar-refractivity contribution in [3.05, 3.63) is 89.9 Å². The van der Waals surface area contributed by atoms with Gasteiger partial charge in [-0.25, -0.2) is 0 Å². The Kier molecular flexibility index (Phi) is 7.90. The van der Waals surface area contributed by atoms with Crippen LogP contribution in [0.2, 0.25) is 15.1 Å². The summed E-state index contributed by atoms with van der Waals surface area (Å²) in [5, 5.41) is 11.3. The molecular formula is C23H15Cl3INO2. The summed E-state index contributed by atoms with van der Waals surface area (Å²) in [6.07, 6.45) is 1.79. The van der Waals surface area contributed by atoms with Gasteiger partial charge < -0.3 is 9.47 Å². The molecule has 0 spiro atoms. The first-order valence-corrected chi connectivity index (χ1v) is 10.9. The molecule has 0 N–H and O–H groups in total. The predicted octanol–water partition coefficient (Wildman–Crippen LogP) is 7.90. The van der Waals surface area contributed by atoms with Crippen LogP contribution in [0.1, 0.15) is 16.7 Å². The standard InChI is InChI=1S/C23H15Cl3INO2/c1-29-22-9-14(7-17(12-28)15-3-2-4-18(24)10-15)8-21(27)23(22)30-13-16-5-6-19(25)11-20(16)26/h2-11H,13H2,1H3/b17-7-. The highest BCUT2D eigenvalue weighted by atomic mass is 127. The fourth-order valence-electron chi connectivity index (χ4n) is 2.75. The van der Waals surface area contributed by atoms with Crippen molar-refractivity contribution in [2.24, 2.45) is 0 Å². The van der Waals surface area contributed by atoms with Gasteiger partial charge in [0.1, 0.15) is 6.61 Å². The van der Waals surface area contributed by atoms with Crippen LogP contribution in [-0.4, -0.2) is 7.11 Å². The number of halogens is 4. The van der Waals surface area contributed by atoms with E-state index < -0.39 is 0 Å². The van der Waals surface area contributed by atoms with E-state index >= 15 is 0 Å². The first-order chi connectivity index (χ1) is 14.4. The summed E-state index contributed by atoms with van der Waals surface area (Å²) in [7, 11) is 1.57. The summed E-state index contributed by atoms with van der Waals surface area (Å²) >= 11 is 20.4. The minimum Gasteiger partial charge on any atom is -0.493 e. The zero-order valence-corrected chi connectivity index (χ0v) is 20.2. The van der Waals surface area contributed by atoms with Gasteiger partial charge >= 0.3 is 0 Å². The van der Waals surface area contributed by atoms with Gasteiger partial charge in [0.05, 0.1) is 22.3 Å². The van der Waals surface area contributed by atoms with Crippen LogP contribution in [0.15, 0.2) is 54.6 Å². The first kappa shape index (κ1) is 22.8. The van der Waals surface area contributed by atoms with Crippen LogP contribution in [0.4, 0.5) is 0 Å². The van der Waals surface area contributed by atoms with E-state index in [0.717, 1.165) is 20.3 Å². The van der Waals surface area contributed by atoms with Crippen LogP contribution < -0.4 is 9.47 Å². The lowest BCUT2D eigenvalue weighted by Gasteiger charge is -2.14. The molecule has 3 nitrogen and oxygen atoms in total. The molecule has 3 rings (SSSR count). The molecule has 0 saturated heterocycles. The van der Waals surface area contributed by atoms with Crippen molar-refractivity contribution < 1.29 is 9.47 Å². The molecule has 0 amide bonds. The zero-order chi connectivity index (χ0) is 21.7. The SMILES string of the molecule is COc1cc(/C=C(/C#N)c2cccc(Cl)c2)cc(I)c1OCc1ccc(Cl)cc1Cl. The topological polar surface area (TPSA) is 42.2 Å². The van der Waals surface area contributed by atoms with Gasteiger partial charge in [-0.3, -0.25) is 0 Å². The lowest BCUT2D eigenvalue weighted by Crippen LogP contribution is -2.01. The Morgan fingerprint density at radius 1 is 1.07 bits per heavy atom. The second kappa shape index (κ2) is 10.4. The van der Waals surface area contributed by atoms with Crippen LogP contribution in [-0.2, 0) is 6.61 Å². The van der Waals surface area contributed by atoms with Gasteiger partial charge in [-0.05, 0) is 76.2 Å². The maximum Gasteiger partial charge on any atom is 0.174 e. The Morgan fingerprint density at radius 2 is 1.83 bits per heavy atom. The number of nitriles is 1. The Balaban J connectivity index is 1.90. The fraction of sp³-hybridized carbons (Fsp3) is 0.0870. The highest BCUT2D eigenvalue weighted by Gasteiger charge is 2.13. The molecule has 0 fully saturated rings. The van der Waals surface area contributed by atoms with E-state index in [4.69, 9.17) is 44.3 Å². The van der Waals surface area contributed by atoms with Crippen molar-refractivity contribution >= 4 is 69.0 Å². The monoisotopic (exact) mass is 569 g/mol. The summed E-state index contributed by atoms with van der Waals surface area (Å²) < 4.78 is 12.4. The van der Waals surface area contributed by atoms with E-state index in [2.05, 4.69) is 28.7 Å². The molecule has 152 valence electrons. The largest absolute Gasteiger partial charge is 0.493 e. The van der Waals surface area contributed by atoms with E-state index in [0.29, 0.717) is 32.1 Å². The van der Waals surface area contributed by atoms with Gasteiger partial charge in [-0.2, -0.15) is 5.26 Å². The molecule has 0 saturated carbocycles. The molecule has 0 unspecified atom stereocenters. The van der Waals surface area contributed by atoms with Crippen LogP contribution in [0.5, 0.6) is 11.5 Å². The third-order valence-corrected chi connectivity index (χ3v) is 5.83. The maximum absolute atomic E-state index is 9.60. The summed E-state index contributed by atoms with van der Waals surface area (Å²) in [4.78, 5) is 0. The van der Waals surface area contributed by atoms with E-state index in [1.54, 1.807) is 37.5 Å². The smallest absolute Gasteiger partial charge is 0.174 e. The van der Waals surface area contributed by atoms with Crippen molar-refractivity contribution in [2.45, 2.75) is 6.61 Å². The van der Waals surface area contributed by atoms with Gasteiger partial charge in [0.25, 0.3) is 0 Å². The Hall–Kier alpha value is -1.91. The lowest BCUT2D eigenvalue weighted by molar-refractivity contribution is 0.282. The van der Waals surface area contributed by atoms with Crippen molar-refractivity contribution in [3.8, 4) is 17.6 Å². The van der Waals surface area contributed by atoms with Gasteiger partial charge in [-0.15, -0.1) is 0 Å². The third-order valence-electron chi connectivity index (χ3n) is 4.21. The van der Waals surface area contributed by atoms with Crippen molar-refractivity contribution in [2.75, 3.05) is 7.11 Å². The number of methoxy groups -OCH3 is 1. The minimum atomic E-state index is 0.267. The van der Waals surface area contributed by atoms with Crippen LogP contribution in [0, 0.1) is 14.9 Å². The molecule has 0 aliphatic rings. The van der Waals surface area contributed by atoms with E-state index in [-0.39, 0.29) is 6.61 Å². The molecule has 0 aliphatic carbocycles. The molecule has 0 radical (unpaired) electrons. The van der Waals surface area contributed by atoms with Gasteiger partial charge in [0.15, 0.2) is 11.5 Å². The number of hydrogen-bond acceptors (Lipinski definition) is 3. The van der Waals surface area contributed by atoms with Crippen LogP contribution in [0.3, 0.4) is 0 Å². The van der Waals surface area contributed by atoms with Crippen LogP contribution in [0.25, 0.3) is 11.6 Å². The van der Waals surface area contributed by atoms with Gasteiger partial charge in [0, 0.05) is 20.6 Å². The second-order valence-corrected chi connectivity index (χ2v) is 8.68. The fourth-order valence-corrected chi connectivity index (χ4v) is 4.19. The number of rotatable bonds is 6. The molecule has 3 aromatic carbocycles. The maximum atomic E-state index is 9.60. The predicted molar refractivity (Wildman–Crippen MR) is 131 cm³/mol. The summed E-state index contributed by atoms with van der Waals surface area (Å²) in [6, 6.07) is 18.4. The highest BCUT2D eigenvalue weighted by molar-refractivity contribution is 14.1.